The predicted molar refractivity (Wildman–Crippen MR) is 53.3 cm³/mol. The lowest BCUT2D eigenvalue weighted by atomic mass is 10.4. The van der Waals surface area contributed by atoms with Crippen LogP contribution in [-0.2, 0) is 0 Å². The Bertz CT molecular complexity index is 510. The van der Waals surface area contributed by atoms with Gasteiger partial charge in [-0.25, -0.2) is 14.5 Å². The molecule has 0 aliphatic carbocycles. The first-order chi connectivity index (χ1) is 7.20. The van der Waals surface area contributed by atoms with Crippen LogP contribution in [0, 0.1) is 0 Å². The number of rotatable bonds is 2. The molecule has 0 aromatic carbocycles. The van der Waals surface area contributed by atoms with Crippen LogP contribution in [0.1, 0.15) is 10.5 Å². The number of nitrogens with zero attached hydrogens (tertiary/aromatic N) is 3. The number of hydrogen-bond donors (Lipinski definition) is 1. The Kier molecular flexibility index (Phi) is 2.39. The van der Waals surface area contributed by atoms with Gasteiger partial charge in [0.2, 0.25) is 0 Å². The van der Waals surface area contributed by atoms with E-state index >= 15 is 0 Å². The lowest BCUT2D eigenvalue weighted by Gasteiger charge is -2.04. The molecule has 0 radical (unpaired) electrons. The third-order valence-electron chi connectivity index (χ3n) is 1.80. The van der Waals surface area contributed by atoms with Gasteiger partial charge in [0.05, 0.1) is 11.2 Å². The largest absolute Gasteiger partial charge is 0.477 e. The molecule has 0 amide bonds. The van der Waals surface area contributed by atoms with Crippen molar-refractivity contribution in [1.82, 2.24) is 14.8 Å². The maximum atomic E-state index is 10.8. The second-order valence-corrected chi connectivity index (χ2v) is 3.15. The van der Waals surface area contributed by atoms with Crippen LogP contribution in [0.25, 0.3) is 5.82 Å². The first kappa shape index (κ1) is 9.67. The minimum Gasteiger partial charge on any atom is -0.477 e. The summed E-state index contributed by atoms with van der Waals surface area (Å²) in [5.41, 5.74) is 0.0237. The SMILES string of the molecule is O=C(O)c1ccnn1-c1ncccc1Cl. The monoisotopic (exact) mass is 223 g/mol. The fourth-order valence-electron chi connectivity index (χ4n) is 1.17. The van der Waals surface area contributed by atoms with Crippen LogP contribution in [0.5, 0.6) is 0 Å². The van der Waals surface area contributed by atoms with Crippen molar-refractivity contribution in [2.75, 3.05) is 0 Å². The fraction of sp³-hybridized carbons (Fsp3) is 0. The lowest BCUT2D eigenvalue weighted by molar-refractivity contribution is 0.0687. The predicted octanol–water partition coefficient (Wildman–Crippen LogP) is 1.62. The standard InChI is InChI=1S/C9H6ClN3O2/c10-6-2-1-4-11-8(6)13-7(9(14)15)3-5-12-13/h1-5H,(H,14,15). The van der Waals surface area contributed by atoms with Gasteiger partial charge < -0.3 is 5.11 Å². The fourth-order valence-corrected chi connectivity index (χ4v) is 1.37. The van der Waals surface area contributed by atoms with Crippen molar-refractivity contribution < 1.29 is 9.90 Å². The Morgan fingerprint density at radius 1 is 1.40 bits per heavy atom. The first-order valence-electron chi connectivity index (χ1n) is 4.08. The van der Waals surface area contributed by atoms with Gasteiger partial charge in [0.15, 0.2) is 11.5 Å². The molecule has 0 spiro atoms. The van der Waals surface area contributed by atoms with Crippen LogP contribution in [0.3, 0.4) is 0 Å². The summed E-state index contributed by atoms with van der Waals surface area (Å²) < 4.78 is 1.19. The quantitative estimate of drug-likeness (QED) is 0.840. The minimum absolute atomic E-state index is 0.0237. The average molecular weight is 224 g/mol. The molecule has 2 aromatic heterocycles. The number of aromatic carboxylic acids is 1. The van der Waals surface area contributed by atoms with Crippen LogP contribution >= 0.6 is 11.6 Å². The summed E-state index contributed by atoms with van der Waals surface area (Å²) in [6.07, 6.45) is 2.91. The molecular weight excluding hydrogens is 218 g/mol. The topological polar surface area (TPSA) is 68.0 Å². The highest BCUT2D eigenvalue weighted by Crippen LogP contribution is 2.17. The molecular formula is C9H6ClN3O2. The highest BCUT2D eigenvalue weighted by atomic mass is 35.5. The Morgan fingerprint density at radius 2 is 2.20 bits per heavy atom. The van der Waals surface area contributed by atoms with Gasteiger partial charge in [0, 0.05) is 6.20 Å². The van der Waals surface area contributed by atoms with Crippen molar-refractivity contribution in [2.24, 2.45) is 0 Å². The van der Waals surface area contributed by atoms with Crippen LogP contribution in [0.4, 0.5) is 0 Å². The summed E-state index contributed by atoms with van der Waals surface area (Å²) in [5, 5.41) is 13.1. The number of hydrogen-bond acceptors (Lipinski definition) is 3. The summed E-state index contributed by atoms with van der Waals surface area (Å²) in [6.45, 7) is 0. The molecule has 15 heavy (non-hydrogen) atoms. The summed E-state index contributed by atoms with van der Waals surface area (Å²) in [5.74, 6) is -0.768. The number of halogens is 1. The van der Waals surface area contributed by atoms with Gasteiger partial charge in [-0.15, -0.1) is 0 Å². The van der Waals surface area contributed by atoms with Crippen LogP contribution in [0.15, 0.2) is 30.6 Å². The van der Waals surface area contributed by atoms with Crippen molar-refractivity contribution in [3.8, 4) is 5.82 Å². The molecule has 2 rings (SSSR count). The number of carboxylic acid groups (broad SMARTS) is 1. The smallest absolute Gasteiger partial charge is 0.354 e. The first-order valence-corrected chi connectivity index (χ1v) is 4.46. The molecule has 6 heteroatoms. The van der Waals surface area contributed by atoms with Gasteiger partial charge in [-0.3, -0.25) is 0 Å². The normalized spacial score (nSPS) is 10.2. The van der Waals surface area contributed by atoms with Crippen molar-refractivity contribution in [3.63, 3.8) is 0 Å². The van der Waals surface area contributed by atoms with Gasteiger partial charge in [-0.2, -0.15) is 5.10 Å². The Labute approximate surface area is 89.9 Å². The molecule has 0 aliphatic heterocycles. The third-order valence-corrected chi connectivity index (χ3v) is 2.10. The van der Waals surface area contributed by atoms with Gasteiger partial charge in [0.25, 0.3) is 0 Å². The maximum Gasteiger partial charge on any atom is 0.354 e. The van der Waals surface area contributed by atoms with Gasteiger partial charge in [-0.1, -0.05) is 11.6 Å². The maximum absolute atomic E-state index is 10.8. The molecule has 0 bridgehead atoms. The van der Waals surface area contributed by atoms with E-state index in [4.69, 9.17) is 16.7 Å². The van der Waals surface area contributed by atoms with E-state index < -0.39 is 5.97 Å². The summed E-state index contributed by atoms with van der Waals surface area (Å²) in [6, 6.07) is 4.67. The molecule has 0 saturated carbocycles. The van der Waals surface area contributed by atoms with E-state index in [0.29, 0.717) is 10.8 Å². The lowest BCUT2D eigenvalue weighted by Crippen LogP contribution is -2.09. The molecule has 0 fully saturated rings. The zero-order valence-electron chi connectivity index (χ0n) is 7.46. The van der Waals surface area contributed by atoms with Crippen LogP contribution in [-0.4, -0.2) is 25.8 Å². The van der Waals surface area contributed by atoms with Gasteiger partial charge >= 0.3 is 5.97 Å². The second-order valence-electron chi connectivity index (χ2n) is 2.74. The highest BCUT2D eigenvalue weighted by Gasteiger charge is 2.14. The van der Waals surface area contributed by atoms with Crippen molar-refractivity contribution in [1.29, 1.82) is 0 Å². The summed E-state index contributed by atoms with van der Waals surface area (Å²) in [7, 11) is 0. The zero-order valence-corrected chi connectivity index (χ0v) is 8.22. The van der Waals surface area contributed by atoms with E-state index in [9.17, 15) is 4.79 Å². The van der Waals surface area contributed by atoms with E-state index in [1.54, 1.807) is 12.1 Å². The van der Waals surface area contributed by atoms with Gasteiger partial charge in [0.1, 0.15) is 0 Å². The molecule has 1 N–H and O–H groups in total. The molecule has 5 nitrogen and oxygen atoms in total. The third kappa shape index (κ3) is 1.69. The Hall–Kier alpha value is -1.88. The molecule has 0 saturated heterocycles. The van der Waals surface area contributed by atoms with E-state index in [-0.39, 0.29) is 5.69 Å². The number of aromatic nitrogens is 3. The molecule has 0 atom stereocenters. The van der Waals surface area contributed by atoms with Crippen molar-refractivity contribution >= 4 is 17.6 Å². The number of carbonyl (C=O) groups is 1. The van der Waals surface area contributed by atoms with Crippen LogP contribution < -0.4 is 0 Å². The van der Waals surface area contributed by atoms with Gasteiger partial charge in [-0.05, 0) is 18.2 Å². The Balaban J connectivity index is 2.59. The summed E-state index contributed by atoms with van der Waals surface area (Å²) >= 11 is 5.88. The molecule has 2 heterocycles. The average Bonchev–Trinajstić information content (AvgIpc) is 2.67. The number of carboxylic acids is 1. The summed E-state index contributed by atoms with van der Waals surface area (Å²) in [4.78, 5) is 14.8. The molecule has 0 aliphatic rings. The van der Waals surface area contributed by atoms with E-state index in [1.165, 1.54) is 23.1 Å². The van der Waals surface area contributed by atoms with E-state index in [2.05, 4.69) is 10.1 Å². The zero-order chi connectivity index (χ0) is 10.8. The molecule has 2 aromatic rings. The molecule has 76 valence electrons. The van der Waals surface area contributed by atoms with Crippen LogP contribution in [0.2, 0.25) is 5.02 Å². The van der Waals surface area contributed by atoms with Crippen molar-refractivity contribution in [2.45, 2.75) is 0 Å². The minimum atomic E-state index is -1.07. The van der Waals surface area contributed by atoms with E-state index in [0.717, 1.165) is 0 Å². The highest BCUT2D eigenvalue weighted by molar-refractivity contribution is 6.32. The van der Waals surface area contributed by atoms with Crippen molar-refractivity contribution in [3.05, 3.63) is 41.3 Å². The van der Waals surface area contributed by atoms with E-state index in [1.807, 2.05) is 0 Å². The second kappa shape index (κ2) is 3.70. The Morgan fingerprint density at radius 3 is 2.87 bits per heavy atom. The molecule has 0 unspecified atom stereocenters. The number of pyridine rings is 1.